The maximum absolute atomic E-state index is 12.8. The van der Waals surface area contributed by atoms with Crippen molar-refractivity contribution in [3.05, 3.63) is 28.2 Å². The predicted molar refractivity (Wildman–Crippen MR) is 109 cm³/mol. The van der Waals surface area contributed by atoms with Crippen LogP contribution in [-0.4, -0.2) is 54.3 Å². The van der Waals surface area contributed by atoms with Gasteiger partial charge in [0.15, 0.2) is 0 Å². The summed E-state index contributed by atoms with van der Waals surface area (Å²) in [6, 6.07) is 5.76. The van der Waals surface area contributed by atoms with Crippen molar-refractivity contribution in [3.63, 3.8) is 0 Å². The van der Waals surface area contributed by atoms with Gasteiger partial charge in [-0.1, -0.05) is 35.2 Å². The predicted octanol–water partition coefficient (Wildman–Crippen LogP) is 3.81. The lowest BCUT2D eigenvalue weighted by Crippen LogP contribution is -2.49. The van der Waals surface area contributed by atoms with Crippen LogP contribution in [-0.2, 0) is 9.59 Å². The van der Waals surface area contributed by atoms with Gasteiger partial charge in [-0.05, 0) is 57.5 Å². The highest BCUT2D eigenvalue weighted by molar-refractivity contribution is 9.10. The zero-order valence-corrected chi connectivity index (χ0v) is 17.8. The molecule has 1 fully saturated rings. The van der Waals surface area contributed by atoms with E-state index in [1.807, 2.05) is 55.9 Å². The van der Waals surface area contributed by atoms with E-state index in [1.165, 1.54) is 19.3 Å². The van der Waals surface area contributed by atoms with Crippen LogP contribution in [0.5, 0.6) is 0 Å². The molecule has 0 saturated heterocycles. The van der Waals surface area contributed by atoms with Crippen molar-refractivity contribution >= 4 is 33.4 Å². The molecular weight excluding hydrogens is 394 g/mol. The van der Waals surface area contributed by atoms with Crippen LogP contribution in [0.15, 0.2) is 22.7 Å². The molecule has 1 aliphatic carbocycles. The van der Waals surface area contributed by atoms with Crippen LogP contribution in [0.3, 0.4) is 0 Å². The molecule has 0 aromatic heterocycles. The third-order valence-corrected chi connectivity index (χ3v) is 5.84. The number of carbonyl (C=O) groups is 2. The minimum atomic E-state index is -0.321. The van der Waals surface area contributed by atoms with Crippen LogP contribution in [0.1, 0.15) is 44.6 Å². The Morgan fingerprint density at radius 1 is 1.23 bits per heavy atom. The summed E-state index contributed by atoms with van der Waals surface area (Å²) >= 11 is 3.42. The summed E-state index contributed by atoms with van der Waals surface area (Å²) in [6.07, 6.45) is 5.83. The summed E-state index contributed by atoms with van der Waals surface area (Å²) in [6.45, 7) is 4.01. The fourth-order valence-electron chi connectivity index (χ4n) is 3.45. The lowest BCUT2D eigenvalue weighted by molar-refractivity contribution is -0.137. The number of hydrogen-bond donors (Lipinski definition) is 1. The maximum Gasteiger partial charge on any atom is 0.239 e. The highest BCUT2D eigenvalue weighted by Crippen LogP contribution is 2.23. The summed E-state index contributed by atoms with van der Waals surface area (Å²) in [5.41, 5.74) is 1.79. The zero-order chi connectivity index (χ0) is 19.3. The van der Waals surface area contributed by atoms with Gasteiger partial charge in [-0.2, -0.15) is 0 Å². The summed E-state index contributed by atoms with van der Waals surface area (Å²) in [5.74, 6) is -0.0232. The molecule has 0 spiro atoms. The molecular formula is C20H30BrN3O2. The van der Waals surface area contributed by atoms with Crippen molar-refractivity contribution in [2.24, 2.45) is 0 Å². The van der Waals surface area contributed by atoms with E-state index in [2.05, 4.69) is 21.2 Å². The van der Waals surface area contributed by atoms with E-state index in [9.17, 15) is 9.59 Å². The summed E-state index contributed by atoms with van der Waals surface area (Å²) in [7, 11) is 3.72. The number of carbonyl (C=O) groups excluding carboxylic acids is 2. The van der Waals surface area contributed by atoms with Crippen LogP contribution < -0.4 is 5.32 Å². The molecule has 0 radical (unpaired) electrons. The van der Waals surface area contributed by atoms with Crippen molar-refractivity contribution in [1.29, 1.82) is 0 Å². The molecule has 26 heavy (non-hydrogen) atoms. The Balaban J connectivity index is 1.89. The van der Waals surface area contributed by atoms with Crippen molar-refractivity contribution in [2.75, 3.05) is 26.0 Å². The number of nitrogens with zero attached hydrogens (tertiary/aromatic N) is 2. The van der Waals surface area contributed by atoms with E-state index in [4.69, 9.17) is 0 Å². The van der Waals surface area contributed by atoms with Gasteiger partial charge in [0.05, 0.1) is 12.6 Å². The molecule has 1 N–H and O–H groups in total. The quantitative estimate of drug-likeness (QED) is 0.756. The number of nitrogens with one attached hydrogen (secondary N) is 1. The van der Waals surface area contributed by atoms with E-state index in [0.29, 0.717) is 6.04 Å². The molecule has 1 aromatic rings. The summed E-state index contributed by atoms with van der Waals surface area (Å²) in [4.78, 5) is 28.8. The number of benzene rings is 1. The zero-order valence-electron chi connectivity index (χ0n) is 16.2. The van der Waals surface area contributed by atoms with E-state index in [-0.39, 0.29) is 24.4 Å². The fraction of sp³-hybridized carbons (Fsp3) is 0.600. The molecule has 2 amide bonds. The molecule has 6 heteroatoms. The monoisotopic (exact) mass is 423 g/mol. The summed E-state index contributed by atoms with van der Waals surface area (Å²) in [5, 5.41) is 2.93. The topological polar surface area (TPSA) is 52.7 Å². The Bertz CT molecular complexity index is 644. The standard InChI is InChI=1S/C20H30BrN3O2/c1-14-12-16(21)10-11-18(14)22-19(25)13-23(3)15(2)20(26)24(4)17-8-6-5-7-9-17/h10-12,15,17H,5-9,13H2,1-4H3,(H,22,25)/t15-/m0/s1. The van der Waals surface area contributed by atoms with Crippen LogP contribution in [0.4, 0.5) is 5.69 Å². The van der Waals surface area contributed by atoms with Gasteiger partial charge >= 0.3 is 0 Å². The Morgan fingerprint density at radius 2 is 1.88 bits per heavy atom. The third-order valence-electron chi connectivity index (χ3n) is 5.34. The lowest BCUT2D eigenvalue weighted by Gasteiger charge is -2.35. The highest BCUT2D eigenvalue weighted by Gasteiger charge is 2.28. The second-order valence-electron chi connectivity index (χ2n) is 7.34. The van der Waals surface area contributed by atoms with Gasteiger partial charge in [-0.25, -0.2) is 0 Å². The number of anilines is 1. The first kappa shape index (κ1) is 20.9. The van der Waals surface area contributed by atoms with Gasteiger partial charge in [0, 0.05) is 23.2 Å². The van der Waals surface area contributed by atoms with E-state index in [1.54, 1.807) is 0 Å². The van der Waals surface area contributed by atoms with Crippen molar-refractivity contribution < 1.29 is 9.59 Å². The lowest BCUT2D eigenvalue weighted by atomic mass is 9.94. The average Bonchev–Trinajstić information content (AvgIpc) is 2.62. The Morgan fingerprint density at radius 3 is 2.50 bits per heavy atom. The number of rotatable bonds is 6. The van der Waals surface area contributed by atoms with Crippen molar-refractivity contribution in [1.82, 2.24) is 9.80 Å². The molecule has 1 aliphatic rings. The van der Waals surface area contributed by atoms with Crippen molar-refractivity contribution in [2.45, 2.75) is 58.0 Å². The first-order valence-corrected chi connectivity index (χ1v) is 10.1. The van der Waals surface area contributed by atoms with Crippen LogP contribution in [0, 0.1) is 6.92 Å². The normalized spacial score (nSPS) is 16.4. The first-order valence-electron chi connectivity index (χ1n) is 9.32. The molecule has 0 aliphatic heterocycles. The molecule has 5 nitrogen and oxygen atoms in total. The molecule has 0 bridgehead atoms. The third kappa shape index (κ3) is 5.55. The second-order valence-corrected chi connectivity index (χ2v) is 8.26. The van der Waals surface area contributed by atoms with Crippen LogP contribution in [0.25, 0.3) is 0 Å². The highest BCUT2D eigenvalue weighted by atomic mass is 79.9. The number of hydrogen-bond acceptors (Lipinski definition) is 3. The minimum Gasteiger partial charge on any atom is -0.341 e. The molecule has 1 saturated carbocycles. The average molecular weight is 424 g/mol. The fourth-order valence-corrected chi connectivity index (χ4v) is 3.93. The number of amides is 2. The van der Waals surface area contributed by atoms with Gasteiger partial charge in [-0.15, -0.1) is 0 Å². The molecule has 0 heterocycles. The molecule has 0 unspecified atom stereocenters. The van der Waals surface area contributed by atoms with Crippen LogP contribution >= 0.6 is 15.9 Å². The summed E-state index contributed by atoms with van der Waals surface area (Å²) < 4.78 is 0.982. The molecule has 1 aromatic carbocycles. The number of aryl methyl sites for hydroxylation is 1. The minimum absolute atomic E-state index is 0.0898. The molecule has 2 rings (SSSR count). The smallest absolute Gasteiger partial charge is 0.239 e. The first-order chi connectivity index (χ1) is 12.3. The SMILES string of the molecule is Cc1cc(Br)ccc1NC(=O)CN(C)[C@@H](C)C(=O)N(C)C1CCCCC1. The van der Waals surface area contributed by atoms with Gasteiger partial charge in [0.1, 0.15) is 0 Å². The van der Waals surface area contributed by atoms with Gasteiger partial charge in [0.2, 0.25) is 11.8 Å². The number of likely N-dealkylation sites (N-methyl/N-ethyl adjacent to an activating group) is 2. The van der Waals surface area contributed by atoms with Gasteiger partial charge in [0.25, 0.3) is 0 Å². The van der Waals surface area contributed by atoms with Gasteiger partial charge in [-0.3, -0.25) is 14.5 Å². The Labute approximate surface area is 165 Å². The number of halogens is 1. The second kappa shape index (κ2) is 9.51. The Kier molecular flexibility index (Phi) is 7.65. The van der Waals surface area contributed by atoms with E-state index < -0.39 is 0 Å². The van der Waals surface area contributed by atoms with E-state index in [0.717, 1.165) is 28.6 Å². The van der Waals surface area contributed by atoms with E-state index >= 15 is 0 Å². The molecule has 1 atom stereocenters. The maximum atomic E-state index is 12.8. The molecule has 144 valence electrons. The van der Waals surface area contributed by atoms with Crippen LogP contribution in [0.2, 0.25) is 0 Å². The van der Waals surface area contributed by atoms with Crippen molar-refractivity contribution in [3.8, 4) is 0 Å². The largest absolute Gasteiger partial charge is 0.341 e. The Hall–Kier alpha value is -1.40. The van der Waals surface area contributed by atoms with Gasteiger partial charge < -0.3 is 10.2 Å².